The molecule has 116 valence electrons. The third-order valence-corrected chi connectivity index (χ3v) is 4.27. The molecule has 2 unspecified atom stereocenters. The van der Waals surface area contributed by atoms with E-state index in [0.29, 0.717) is 12.5 Å². The van der Waals surface area contributed by atoms with E-state index in [9.17, 15) is 0 Å². The maximum absolute atomic E-state index is 6.30. The summed E-state index contributed by atoms with van der Waals surface area (Å²) >= 11 is 0. The van der Waals surface area contributed by atoms with E-state index in [1.165, 1.54) is 11.3 Å². The van der Waals surface area contributed by atoms with Crippen LogP contribution in [0.2, 0.25) is 0 Å². The van der Waals surface area contributed by atoms with Crippen LogP contribution in [0.3, 0.4) is 0 Å². The van der Waals surface area contributed by atoms with Crippen LogP contribution in [0.25, 0.3) is 0 Å². The van der Waals surface area contributed by atoms with E-state index < -0.39 is 0 Å². The Hall–Kier alpha value is -2.00. The molecule has 0 saturated carbocycles. The van der Waals surface area contributed by atoms with Crippen molar-refractivity contribution >= 4 is 5.69 Å². The highest BCUT2D eigenvalue weighted by molar-refractivity contribution is 5.47. The van der Waals surface area contributed by atoms with Gasteiger partial charge in [0.1, 0.15) is 5.75 Å². The molecule has 0 aromatic heterocycles. The zero-order valence-electron chi connectivity index (χ0n) is 13.1. The lowest BCUT2D eigenvalue weighted by Gasteiger charge is -2.38. The first-order valence-electron chi connectivity index (χ1n) is 8.04. The molecule has 3 nitrogen and oxygen atoms in total. The summed E-state index contributed by atoms with van der Waals surface area (Å²) in [6.45, 7) is 4.66. The molecular formula is C19H24N2O. The van der Waals surface area contributed by atoms with Gasteiger partial charge in [-0.3, -0.25) is 0 Å². The number of anilines is 1. The summed E-state index contributed by atoms with van der Waals surface area (Å²) in [4.78, 5) is 2.40. The minimum Gasteiger partial charge on any atom is -0.494 e. The van der Waals surface area contributed by atoms with Crippen LogP contribution in [0, 0.1) is 0 Å². The number of nitrogens with zero attached hydrogens (tertiary/aromatic N) is 1. The van der Waals surface area contributed by atoms with Gasteiger partial charge in [0.05, 0.1) is 6.61 Å². The molecule has 1 saturated heterocycles. The van der Waals surface area contributed by atoms with E-state index in [1.807, 2.05) is 6.92 Å². The number of nitrogens with two attached hydrogens (primary N) is 1. The summed E-state index contributed by atoms with van der Waals surface area (Å²) in [6, 6.07) is 19.2. The fourth-order valence-electron chi connectivity index (χ4n) is 3.23. The van der Waals surface area contributed by atoms with Crippen LogP contribution in [0.5, 0.6) is 5.75 Å². The monoisotopic (exact) mass is 296 g/mol. The van der Waals surface area contributed by atoms with Crippen LogP contribution in [0.15, 0.2) is 54.6 Å². The molecule has 2 aromatic carbocycles. The van der Waals surface area contributed by atoms with Crippen LogP contribution >= 0.6 is 0 Å². The van der Waals surface area contributed by atoms with Crippen molar-refractivity contribution in [2.45, 2.75) is 25.3 Å². The Balaban J connectivity index is 1.75. The van der Waals surface area contributed by atoms with Gasteiger partial charge in [0.25, 0.3) is 0 Å². The molecule has 0 aliphatic carbocycles. The molecule has 0 spiro atoms. The largest absolute Gasteiger partial charge is 0.494 e. The van der Waals surface area contributed by atoms with Crippen LogP contribution in [0.1, 0.15) is 24.8 Å². The van der Waals surface area contributed by atoms with E-state index in [2.05, 4.69) is 59.5 Å². The first-order valence-corrected chi connectivity index (χ1v) is 8.04. The Bertz CT molecular complexity index is 582. The van der Waals surface area contributed by atoms with Gasteiger partial charge >= 0.3 is 0 Å². The van der Waals surface area contributed by atoms with Crippen molar-refractivity contribution in [3.63, 3.8) is 0 Å². The van der Waals surface area contributed by atoms with Crippen molar-refractivity contribution in [2.24, 2.45) is 5.73 Å². The highest BCUT2D eigenvalue weighted by Crippen LogP contribution is 2.30. The predicted octanol–water partition coefficient (Wildman–Crippen LogP) is 3.41. The summed E-state index contributed by atoms with van der Waals surface area (Å²) in [5.41, 5.74) is 8.91. The molecule has 1 aliphatic heterocycles. The number of hydrogen-bond acceptors (Lipinski definition) is 3. The summed E-state index contributed by atoms with van der Waals surface area (Å²) in [5, 5.41) is 0. The molecule has 2 atom stereocenters. The van der Waals surface area contributed by atoms with Crippen molar-refractivity contribution in [1.29, 1.82) is 0 Å². The van der Waals surface area contributed by atoms with Gasteiger partial charge in [0.15, 0.2) is 0 Å². The molecule has 0 amide bonds. The number of para-hydroxylation sites is 1. The van der Waals surface area contributed by atoms with Gasteiger partial charge in [-0.2, -0.15) is 0 Å². The second-order valence-corrected chi connectivity index (χ2v) is 5.94. The molecule has 1 aliphatic rings. The zero-order chi connectivity index (χ0) is 15.4. The number of hydrogen-bond donors (Lipinski definition) is 1. The van der Waals surface area contributed by atoms with Gasteiger partial charge in [-0.15, -0.1) is 0 Å². The van der Waals surface area contributed by atoms with Crippen molar-refractivity contribution < 1.29 is 4.74 Å². The van der Waals surface area contributed by atoms with E-state index in [4.69, 9.17) is 10.5 Å². The molecular weight excluding hydrogens is 272 g/mol. The maximum Gasteiger partial charge on any atom is 0.119 e. The van der Waals surface area contributed by atoms with Gasteiger partial charge < -0.3 is 15.4 Å². The first kappa shape index (κ1) is 14.9. The van der Waals surface area contributed by atoms with Gasteiger partial charge in [-0.25, -0.2) is 0 Å². The Morgan fingerprint density at radius 1 is 1.05 bits per heavy atom. The average molecular weight is 296 g/mol. The molecule has 0 radical (unpaired) electrons. The zero-order valence-corrected chi connectivity index (χ0v) is 13.1. The summed E-state index contributed by atoms with van der Waals surface area (Å²) in [5.74, 6) is 1.41. The number of piperidine rings is 1. The fraction of sp³-hybridized carbons (Fsp3) is 0.368. The molecule has 1 fully saturated rings. The Labute approximate surface area is 132 Å². The summed E-state index contributed by atoms with van der Waals surface area (Å²) < 4.78 is 5.52. The highest BCUT2D eigenvalue weighted by Gasteiger charge is 2.26. The SMILES string of the molecule is CCOc1ccc(C2CC(N)CN(c3ccccc3)C2)cc1. The van der Waals surface area contributed by atoms with Crippen LogP contribution in [-0.4, -0.2) is 25.7 Å². The second kappa shape index (κ2) is 6.84. The minimum atomic E-state index is 0.213. The van der Waals surface area contributed by atoms with E-state index in [-0.39, 0.29) is 6.04 Å². The maximum atomic E-state index is 6.30. The third kappa shape index (κ3) is 3.42. The predicted molar refractivity (Wildman–Crippen MR) is 91.6 cm³/mol. The molecule has 1 heterocycles. The molecule has 0 bridgehead atoms. The van der Waals surface area contributed by atoms with E-state index in [1.54, 1.807) is 0 Å². The molecule has 2 aromatic rings. The van der Waals surface area contributed by atoms with Gasteiger partial charge in [0.2, 0.25) is 0 Å². The van der Waals surface area contributed by atoms with Crippen molar-refractivity contribution in [3.8, 4) is 5.75 Å². The minimum absolute atomic E-state index is 0.213. The lowest BCUT2D eigenvalue weighted by molar-refractivity contribution is 0.340. The first-order chi connectivity index (χ1) is 10.8. The Morgan fingerprint density at radius 2 is 1.77 bits per heavy atom. The van der Waals surface area contributed by atoms with Crippen molar-refractivity contribution in [3.05, 3.63) is 60.2 Å². The second-order valence-electron chi connectivity index (χ2n) is 5.94. The topological polar surface area (TPSA) is 38.5 Å². The van der Waals surface area contributed by atoms with Crippen LogP contribution in [-0.2, 0) is 0 Å². The van der Waals surface area contributed by atoms with Gasteiger partial charge in [-0.05, 0) is 43.2 Å². The van der Waals surface area contributed by atoms with Crippen molar-refractivity contribution in [2.75, 3.05) is 24.6 Å². The lowest BCUT2D eigenvalue weighted by atomic mass is 9.88. The normalized spacial score (nSPS) is 21.6. The van der Waals surface area contributed by atoms with Crippen molar-refractivity contribution in [1.82, 2.24) is 0 Å². The lowest BCUT2D eigenvalue weighted by Crippen LogP contribution is -2.46. The van der Waals surface area contributed by atoms with Gasteiger partial charge in [-0.1, -0.05) is 30.3 Å². The highest BCUT2D eigenvalue weighted by atomic mass is 16.5. The fourth-order valence-corrected chi connectivity index (χ4v) is 3.23. The summed E-state index contributed by atoms with van der Waals surface area (Å²) in [7, 11) is 0. The smallest absolute Gasteiger partial charge is 0.119 e. The molecule has 22 heavy (non-hydrogen) atoms. The number of ether oxygens (including phenoxy) is 1. The van der Waals surface area contributed by atoms with Gasteiger partial charge in [0, 0.05) is 30.7 Å². The Kier molecular flexibility index (Phi) is 4.64. The third-order valence-electron chi connectivity index (χ3n) is 4.27. The van der Waals surface area contributed by atoms with E-state index >= 15 is 0 Å². The standard InChI is InChI=1S/C19H24N2O/c1-2-22-19-10-8-15(9-11-19)16-12-17(20)14-21(13-16)18-6-4-3-5-7-18/h3-11,16-17H,2,12-14,20H2,1H3. The quantitative estimate of drug-likeness (QED) is 0.939. The molecule has 3 rings (SSSR count). The average Bonchev–Trinajstić information content (AvgIpc) is 2.56. The van der Waals surface area contributed by atoms with Crippen LogP contribution < -0.4 is 15.4 Å². The van der Waals surface area contributed by atoms with Crippen LogP contribution in [0.4, 0.5) is 5.69 Å². The molecule has 3 heteroatoms. The van der Waals surface area contributed by atoms with E-state index in [0.717, 1.165) is 25.3 Å². The number of benzene rings is 2. The molecule has 2 N–H and O–H groups in total. The number of rotatable bonds is 4. The summed E-state index contributed by atoms with van der Waals surface area (Å²) in [6.07, 6.45) is 1.04. The Morgan fingerprint density at radius 3 is 2.45 bits per heavy atom.